The highest BCUT2D eigenvalue weighted by molar-refractivity contribution is 5.84. The predicted octanol–water partition coefficient (Wildman–Crippen LogP) is 3.26. The summed E-state index contributed by atoms with van der Waals surface area (Å²) in [5, 5.41) is 0. The van der Waals surface area contributed by atoms with Crippen LogP contribution in [0.1, 0.15) is 56.6 Å². The summed E-state index contributed by atoms with van der Waals surface area (Å²) in [5.74, 6) is 0.316. The maximum Gasteiger partial charge on any atom is 0.230 e. The minimum absolute atomic E-state index is 0.254. The first-order chi connectivity index (χ1) is 10.3. The fraction of sp³-hybridized carbons (Fsp3) is 0.611. The van der Waals surface area contributed by atoms with Crippen molar-refractivity contribution in [3.05, 3.63) is 35.9 Å². The second-order valence-electron chi connectivity index (χ2n) is 6.61. The van der Waals surface area contributed by atoms with E-state index in [-0.39, 0.29) is 11.5 Å². The molecule has 2 N–H and O–H groups in total. The number of rotatable bonds is 3. The van der Waals surface area contributed by atoms with Crippen molar-refractivity contribution in [2.75, 3.05) is 13.1 Å². The van der Waals surface area contributed by atoms with Crippen LogP contribution in [0, 0.1) is 5.41 Å². The van der Waals surface area contributed by atoms with Gasteiger partial charge in [0.2, 0.25) is 5.91 Å². The Morgan fingerprint density at radius 3 is 2.52 bits per heavy atom. The Labute approximate surface area is 127 Å². The Balaban J connectivity index is 1.82. The van der Waals surface area contributed by atoms with Crippen LogP contribution in [-0.4, -0.2) is 23.9 Å². The van der Waals surface area contributed by atoms with Gasteiger partial charge in [-0.15, -0.1) is 0 Å². The van der Waals surface area contributed by atoms with Crippen LogP contribution in [0.2, 0.25) is 0 Å². The fourth-order valence-corrected chi connectivity index (χ4v) is 4.07. The number of hydrogen-bond acceptors (Lipinski definition) is 2. The molecule has 1 aromatic rings. The summed E-state index contributed by atoms with van der Waals surface area (Å²) >= 11 is 0. The van der Waals surface area contributed by atoms with Crippen molar-refractivity contribution in [3.63, 3.8) is 0 Å². The molecule has 1 saturated heterocycles. The molecule has 1 atom stereocenters. The van der Waals surface area contributed by atoms with Crippen LogP contribution in [0.25, 0.3) is 0 Å². The number of likely N-dealkylation sites (tertiary alicyclic amines) is 1. The van der Waals surface area contributed by atoms with Gasteiger partial charge in [-0.1, -0.05) is 49.6 Å². The zero-order valence-electron chi connectivity index (χ0n) is 12.8. The number of benzene rings is 1. The molecule has 3 nitrogen and oxygen atoms in total. The molecule has 0 aromatic heterocycles. The first kappa shape index (κ1) is 14.6. The van der Waals surface area contributed by atoms with Gasteiger partial charge in [0.05, 0.1) is 11.5 Å². The quantitative estimate of drug-likeness (QED) is 0.927. The third-order valence-electron chi connectivity index (χ3n) is 5.35. The van der Waals surface area contributed by atoms with Crippen molar-refractivity contribution in [3.8, 4) is 0 Å². The van der Waals surface area contributed by atoms with Gasteiger partial charge in [0.25, 0.3) is 0 Å². The first-order valence-electron chi connectivity index (χ1n) is 8.33. The molecule has 1 amide bonds. The molecular weight excluding hydrogens is 260 g/mol. The van der Waals surface area contributed by atoms with E-state index in [1.807, 2.05) is 6.07 Å². The molecule has 1 aromatic carbocycles. The van der Waals surface area contributed by atoms with E-state index in [4.69, 9.17) is 5.73 Å². The van der Waals surface area contributed by atoms with Gasteiger partial charge >= 0.3 is 0 Å². The molecule has 3 rings (SSSR count). The Morgan fingerprint density at radius 1 is 1.14 bits per heavy atom. The van der Waals surface area contributed by atoms with Gasteiger partial charge in [-0.05, 0) is 31.2 Å². The number of amides is 1. The molecule has 1 unspecified atom stereocenters. The maximum absolute atomic E-state index is 13.2. The van der Waals surface area contributed by atoms with Gasteiger partial charge < -0.3 is 10.6 Å². The summed E-state index contributed by atoms with van der Waals surface area (Å²) in [4.78, 5) is 15.3. The molecule has 0 bridgehead atoms. The lowest BCUT2D eigenvalue weighted by Gasteiger charge is -2.39. The fourth-order valence-electron chi connectivity index (χ4n) is 4.07. The number of nitrogens with two attached hydrogens (primary N) is 1. The summed E-state index contributed by atoms with van der Waals surface area (Å²) in [5.41, 5.74) is 7.03. The highest BCUT2D eigenvalue weighted by Gasteiger charge is 2.44. The van der Waals surface area contributed by atoms with Gasteiger partial charge in [0, 0.05) is 13.1 Å². The smallest absolute Gasteiger partial charge is 0.230 e. The van der Waals surface area contributed by atoms with E-state index in [0.29, 0.717) is 12.5 Å². The number of nitrogens with zero attached hydrogens (tertiary/aromatic N) is 1. The summed E-state index contributed by atoms with van der Waals surface area (Å²) in [7, 11) is 0. The standard InChI is InChI=1S/C18H26N2O/c19-14-18(11-5-2-6-12-18)17(21)20-13-7-10-16(20)15-8-3-1-4-9-15/h1,3-4,8-9,16H,2,5-7,10-14,19H2. The Morgan fingerprint density at radius 2 is 1.86 bits per heavy atom. The molecule has 2 fully saturated rings. The van der Waals surface area contributed by atoms with E-state index in [0.717, 1.165) is 45.1 Å². The lowest BCUT2D eigenvalue weighted by molar-refractivity contribution is -0.144. The van der Waals surface area contributed by atoms with Crippen LogP contribution in [0.5, 0.6) is 0 Å². The molecule has 0 radical (unpaired) electrons. The molecule has 1 saturated carbocycles. The third kappa shape index (κ3) is 2.71. The van der Waals surface area contributed by atoms with Crippen molar-refractivity contribution in [1.29, 1.82) is 0 Å². The number of hydrogen-bond donors (Lipinski definition) is 1. The summed E-state index contributed by atoms with van der Waals surface area (Å²) in [6.07, 6.45) is 7.67. The molecular formula is C18H26N2O. The van der Waals surface area contributed by atoms with E-state index in [2.05, 4.69) is 29.2 Å². The minimum Gasteiger partial charge on any atom is -0.335 e. The molecule has 114 valence electrons. The SMILES string of the molecule is NCC1(C(=O)N2CCCC2c2ccccc2)CCCCC1. The van der Waals surface area contributed by atoms with Crippen LogP contribution in [0.3, 0.4) is 0 Å². The number of carbonyl (C=O) groups is 1. The Hall–Kier alpha value is -1.35. The molecule has 1 aliphatic carbocycles. The zero-order valence-corrected chi connectivity index (χ0v) is 12.8. The zero-order chi connectivity index (χ0) is 14.7. The normalized spacial score (nSPS) is 25.0. The van der Waals surface area contributed by atoms with Gasteiger partial charge in [0.15, 0.2) is 0 Å². The monoisotopic (exact) mass is 286 g/mol. The van der Waals surface area contributed by atoms with E-state index in [9.17, 15) is 4.79 Å². The van der Waals surface area contributed by atoms with Crippen molar-refractivity contribution in [1.82, 2.24) is 4.90 Å². The summed E-state index contributed by atoms with van der Waals surface area (Å²) < 4.78 is 0. The van der Waals surface area contributed by atoms with Crippen LogP contribution in [0.15, 0.2) is 30.3 Å². The van der Waals surface area contributed by atoms with Gasteiger partial charge in [-0.25, -0.2) is 0 Å². The van der Waals surface area contributed by atoms with Crippen molar-refractivity contribution in [2.45, 2.75) is 51.0 Å². The molecule has 0 spiro atoms. The van der Waals surface area contributed by atoms with Crippen molar-refractivity contribution < 1.29 is 4.79 Å². The predicted molar refractivity (Wildman–Crippen MR) is 84.7 cm³/mol. The lowest BCUT2D eigenvalue weighted by atomic mass is 9.73. The molecule has 1 aliphatic heterocycles. The van der Waals surface area contributed by atoms with Gasteiger partial charge in [-0.3, -0.25) is 4.79 Å². The van der Waals surface area contributed by atoms with Crippen molar-refractivity contribution in [2.24, 2.45) is 11.1 Å². The van der Waals surface area contributed by atoms with E-state index >= 15 is 0 Å². The highest BCUT2D eigenvalue weighted by Crippen LogP contribution is 2.41. The molecule has 1 heterocycles. The summed E-state index contributed by atoms with van der Waals surface area (Å²) in [6.45, 7) is 1.39. The van der Waals surface area contributed by atoms with Crippen LogP contribution in [0.4, 0.5) is 0 Å². The Bertz CT molecular complexity index is 479. The highest BCUT2D eigenvalue weighted by atomic mass is 16.2. The molecule has 3 heteroatoms. The Kier molecular flexibility index (Phi) is 4.29. The topological polar surface area (TPSA) is 46.3 Å². The summed E-state index contributed by atoms with van der Waals surface area (Å²) in [6, 6.07) is 10.7. The molecule has 21 heavy (non-hydrogen) atoms. The maximum atomic E-state index is 13.2. The third-order valence-corrected chi connectivity index (χ3v) is 5.35. The van der Waals surface area contributed by atoms with E-state index in [1.165, 1.54) is 12.0 Å². The average molecular weight is 286 g/mol. The average Bonchev–Trinajstić information content (AvgIpc) is 3.05. The molecule has 2 aliphatic rings. The second kappa shape index (κ2) is 6.18. The van der Waals surface area contributed by atoms with Crippen LogP contribution >= 0.6 is 0 Å². The van der Waals surface area contributed by atoms with E-state index in [1.54, 1.807) is 0 Å². The van der Waals surface area contributed by atoms with Gasteiger partial charge in [0.1, 0.15) is 0 Å². The first-order valence-corrected chi connectivity index (χ1v) is 8.33. The van der Waals surface area contributed by atoms with E-state index < -0.39 is 0 Å². The van der Waals surface area contributed by atoms with Gasteiger partial charge in [-0.2, -0.15) is 0 Å². The van der Waals surface area contributed by atoms with Crippen LogP contribution < -0.4 is 5.73 Å². The largest absolute Gasteiger partial charge is 0.335 e. The van der Waals surface area contributed by atoms with Crippen molar-refractivity contribution >= 4 is 5.91 Å². The second-order valence-corrected chi connectivity index (χ2v) is 6.61. The lowest BCUT2D eigenvalue weighted by Crippen LogP contribution is -2.48. The minimum atomic E-state index is -0.282. The number of carbonyl (C=O) groups excluding carboxylic acids is 1. The van der Waals surface area contributed by atoms with Crippen LogP contribution in [-0.2, 0) is 4.79 Å².